The summed E-state index contributed by atoms with van der Waals surface area (Å²) in [5.74, 6) is -0.569. The maximum atomic E-state index is 13.9. The first kappa shape index (κ1) is 16.6. The number of fused-ring (bicyclic) bond motifs is 1. The molecule has 1 aromatic carbocycles. The summed E-state index contributed by atoms with van der Waals surface area (Å²) in [6.07, 6.45) is 4.31. The summed E-state index contributed by atoms with van der Waals surface area (Å²) in [5, 5.41) is 3.65. The van der Waals surface area contributed by atoms with Crippen LogP contribution in [0.15, 0.2) is 54.9 Å². The van der Waals surface area contributed by atoms with Crippen molar-refractivity contribution in [3.05, 3.63) is 71.9 Å². The van der Waals surface area contributed by atoms with Crippen LogP contribution >= 0.6 is 0 Å². The highest BCUT2D eigenvalue weighted by atomic mass is 19.1. The number of rotatable bonds is 4. The van der Waals surface area contributed by atoms with Crippen molar-refractivity contribution in [2.45, 2.75) is 12.5 Å². The van der Waals surface area contributed by atoms with Crippen LogP contribution in [0.2, 0.25) is 0 Å². The van der Waals surface area contributed by atoms with Crippen LogP contribution in [0.3, 0.4) is 0 Å². The van der Waals surface area contributed by atoms with Crippen molar-refractivity contribution < 1.29 is 13.9 Å². The molecule has 6 heteroatoms. The summed E-state index contributed by atoms with van der Waals surface area (Å²) in [6.45, 7) is 1.05. The van der Waals surface area contributed by atoms with Gasteiger partial charge < -0.3 is 10.1 Å². The Balaban J connectivity index is 1.49. The van der Waals surface area contributed by atoms with Gasteiger partial charge in [0.25, 0.3) is 5.91 Å². The van der Waals surface area contributed by atoms with E-state index in [1.54, 1.807) is 36.7 Å². The van der Waals surface area contributed by atoms with Crippen LogP contribution in [0, 0.1) is 11.7 Å². The molecule has 1 fully saturated rings. The van der Waals surface area contributed by atoms with Gasteiger partial charge in [-0.1, -0.05) is 18.2 Å². The number of carbonyl (C=O) groups excluding carboxylic acids is 1. The Bertz CT molecular complexity index is 933. The normalized spacial score (nSPS) is 19.6. The lowest BCUT2D eigenvalue weighted by Gasteiger charge is -2.19. The Morgan fingerprint density at radius 1 is 1.15 bits per heavy atom. The smallest absolute Gasteiger partial charge is 0.270 e. The van der Waals surface area contributed by atoms with E-state index in [2.05, 4.69) is 15.3 Å². The van der Waals surface area contributed by atoms with Crippen molar-refractivity contribution in [1.29, 1.82) is 0 Å². The summed E-state index contributed by atoms with van der Waals surface area (Å²) in [6, 6.07) is 11.9. The molecule has 1 N–H and O–H groups in total. The molecule has 0 aliphatic carbocycles. The van der Waals surface area contributed by atoms with Gasteiger partial charge in [-0.05, 0) is 36.2 Å². The highest BCUT2D eigenvalue weighted by molar-refractivity contribution is 5.95. The van der Waals surface area contributed by atoms with Crippen LogP contribution in [-0.2, 0) is 11.2 Å². The van der Waals surface area contributed by atoms with Crippen LogP contribution < -0.4 is 5.32 Å². The fourth-order valence-corrected chi connectivity index (χ4v) is 3.26. The third-order valence-corrected chi connectivity index (χ3v) is 4.67. The van der Waals surface area contributed by atoms with Gasteiger partial charge in [0.1, 0.15) is 17.0 Å². The molecule has 3 heterocycles. The van der Waals surface area contributed by atoms with Gasteiger partial charge in [-0.15, -0.1) is 0 Å². The molecule has 5 nitrogen and oxygen atoms in total. The van der Waals surface area contributed by atoms with Gasteiger partial charge in [0.05, 0.1) is 19.3 Å². The third-order valence-electron chi connectivity index (χ3n) is 4.67. The van der Waals surface area contributed by atoms with E-state index in [4.69, 9.17) is 4.74 Å². The average molecular weight is 351 g/mol. The van der Waals surface area contributed by atoms with Crippen LogP contribution in [0.4, 0.5) is 4.39 Å². The molecule has 0 bridgehead atoms. The number of aromatic nitrogens is 2. The summed E-state index contributed by atoms with van der Waals surface area (Å²) in [7, 11) is 0. The lowest BCUT2D eigenvalue weighted by molar-refractivity contribution is 0.0920. The number of nitrogens with zero attached hydrogens (tertiary/aromatic N) is 2. The first-order valence-corrected chi connectivity index (χ1v) is 8.53. The van der Waals surface area contributed by atoms with Gasteiger partial charge >= 0.3 is 0 Å². The zero-order chi connectivity index (χ0) is 17.9. The molecular weight excluding hydrogens is 333 g/mol. The number of halogens is 1. The molecule has 1 amide bonds. The largest absolute Gasteiger partial charge is 0.379 e. The van der Waals surface area contributed by atoms with Gasteiger partial charge in [0.2, 0.25) is 0 Å². The number of ether oxygens (including phenoxy) is 1. The summed E-state index contributed by atoms with van der Waals surface area (Å²) >= 11 is 0. The minimum absolute atomic E-state index is 0.103. The molecule has 2 aromatic heterocycles. The number of amides is 1. The summed E-state index contributed by atoms with van der Waals surface area (Å²) in [5.41, 5.74) is 1.56. The lowest BCUT2D eigenvalue weighted by atomic mass is 9.95. The molecule has 1 aliphatic rings. The van der Waals surface area contributed by atoms with E-state index < -0.39 is 5.82 Å². The Hall–Kier alpha value is -2.86. The molecule has 0 unspecified atom stereocenters. The topological polar surface area (TPSA) is 64.1 Å². The van der Waals surface area contributed by atoms with E-state index in [0.29, 0.717) is 18.6 Å². The van der Waals surface area contributed by atoms with E-state index in [1.165, 1.54) is 6.07 Å². The van der Waals surface area contributed by atoms with Crippen LogP contribution in [0.5, 0.6) is 0 Å². The van der Waals surface area contributed by atoms with Crippen molar-refractivity contribution in [3.8, 4) is 0 Å². The number of carbonyl (C=O) groups is 1. The first-order chi connectivity index (χ1) is 12.7. The fourth-order valence-electron chi connectivity index (χ4n) is 3.26. The van der Waals surface area contributed by atoms with Crippen LogP contribution in [0.25, 0.3) is 10.9 Å². The van der Waals surface area contributed by atoms with E-state index in [9.17, 15) is 9.18 Å². The average Bonchev–Trinajstić information content (AvgIpc) is 3.09. The number of hydrogen-bond acceptors (Lipinski definition) is 4. The minimum atomic E-state index is -0.433. The molecular formula is C20H18FN3O2. The van der Waals surface area contributed by atoms with Crippen molar-refractivity contribution in [1.82, 2.24) is 15.3 Å². The molecule has 0 spiro atoms. The van der Waals surface area contributed by atoms with Gasteiger partial charge in [-0.25, -0.2) is 9.37 Å². The second kappa shape index (κ2) is 7.17. The molecule has 4 rings (SSSR count). The Morgan fingerprint density at radius 2 is 2.00 bits per heavy atom. The Labute approximate surface area is 150 Å². The van der Waals surface area contributed by atoms with Crippen LogP contribution in [0.1, 0.15) is 16.1 Å². The predicted molar refractivity (Wildman–Crippen MR) is 95.2 cm³/mol. The minimum Gasteiger partial charge on any atom is -0.379 e. The first-order valence-electron chi connectivity index (χ1n) is 8.53. The molecule has 1 aliphatic heterocycles. The molecule has 0 radical (unpaired) electrons. The highest BCUT2D eigenvalue weighted by Crippen LogP contribution is 2.20. The molecule has 3 aromatic rings. The highest BCUT2D eigenvalue weighted by Gasteiger charge is 2.30. The monoisotopic (exact) mass is 351 g/mol. The molecule has 1 saturated heterocycles. The fraction of sp³-hybridized carbons (Fsp3) is 0.250. The lowest BCUT2D eigenvalue weighted by Crippen LogP contribution is -2.40. The number of nitrogens with one attached hydrogen (secondary N) is 1. The molecule has 132 valence electrons. The second-order valence-corrected chi connectivity index (χ2v) is 6.45. The zero-order valence-electron chi connectivity index (χ0n) is 14.1. The standard InChI is InChI=1S/C20H18FN3O2/c21-16-3-1-2-14-4-5-17(23-19(14)16)20(25)24-18-12-26-11-15(18)10-13-6-8-22-9-7-13/h1-9,15,18H,10-12H2,(H,24,25)/t15-,18-/m1/s1. The third kappa shape index (κ3) is 3.41. The van der Waals surface area contributed by atoms with E-state index >= 15 is 0 Å². The van der Waals surface area contributed by atoms with Crippen molar-refractivity contribution in [3.63, 3.8) is 0 Å². The second-order valence-electron chi connectivity index (χ2n) is 6.45. The number of para-hydroxylation sites is 1. The maximum absolute atomic E-state index is 13.9. The summed E-state index contributed by atoms with van der Waals surface area (Å²) in [4.78, 5) is 20.8. The Morgan fingerprint density at radius 3 is 2.85 bits per heavy atom. The van der Waals surface area contributed by atoms with Crippen molar-refractivity contribution in [2.75, 3.05) is 13.2 Å². The SMILES string of the molecule is O=C(N[C@@H]1COC[C@H]1Cc1ccncc1)c1ccc2cccc(F)c2n1. The molecule has 0 saturated carbocycles. The van der Waals surface area contributed by atoms with Crippen molar-refractivity contribution >= 4 is 16.8 Å². The van der Waals surface area contributed by atoms with Gasteiger partial charge in [-0.3, -0.25) is 9.78 Å². The van der Waals surface area contributed by atoms with Gasteiger partial charge in [0.15, 0.2) is 0 Å². The van der Waals surface area contributed by atoms with E-state index in [-0.39, 0.29) is 29.1 Å². The zero-order valence-corrected chi connectivity index (χ0v) is 14.1. The van der Waals surface area contributed by atoms with Gasteiger partial charge in [-0.2, -0.15) is 0 Å². The molecule has 2 atom stereocenters. The van der Waals surface area contributed by atoms with Crippen LogP contribution in [-0.4, -0.2) is 35.1 Å². The quantitative estimate of drug-likeness (QED) is 0.785. The van der Waals surface area contributed by atoms with E-state index in [0.717, 1.165) is 12.0 Å². The number of pyridine rings is 2. The Kier molecular flexibility index (Phi) is 4.58. The molecule has 26 heavy (non-hydrogen) atoms. The number of hydrogen-bond donors (Lipinski definition) is 1. The summed E-state index contributed by atoms with van der Waals surface area (Å²) < 4.78 is 19.5. The maximum Gasteiger partial charge on any atom is 0.270 e. The van der Waals surface area contributed by atoms with E-state index in [1.807, 2.05) is 12.1 Å². The van der Waals surface area contributed by atoms with Gasteiger partial charge in [0, 0.05) is 23.7 Å². The number of benzene rings is 1. The predicted octanol–water partition coefficient (Wildman–Crippen LogP) is 2.76. The van der Waals surface area contributed by atoms with Crippen molar-refractivity contribution in [2.24, 2.45) is 5.92 Å².